The van der Waals surface area contributed by atoms with Gasteiger partial charge < -0.3 is 9.84 Å². The molecule has 0 saturated heterocycles. The predicted octanol–water partition coefficient (Wildman–Crippen LogP) is 2.24. The Morgan fingerprint density at radius 3 is 1.80 bits per heavy atom. The molecule has 2 amide bonds. The second-order valence-electron chi connectivity index (χ2n) is 5.16. The fraction of sp³-hybridized carbons (Fsp3) is 0.176. The molecule has 0 aliphatic heterocycles. The average molecular weight is 472 g/mol. The van der Waals surface area contributed by atoms with E-state index in [0.717, 1.165) is 8.95 Å². The SMILES string of the molecule is COCC(=O)NNC(=O)C(O)(c1ccc(Br)cc1)c1ccc(Br)cc1. The van der Waals surface area contributed by atoms with Crippen molar-refractivity contribution in [2.75, 3.05) is 13.7 Å². The number of methoxy groups -OCH3 is 1. The van der Waals surface area contributed by atoms with E-state index < -0.39 is 17.4 Å². The maximum absolute atomic E-state index is 12.7. The van der Waals surface area contributed by atoms with Crippen LogP contribution in [0.2, 0.25) is 0 Å². The van der Waals surface area contributed by atoms with Gasteiger partial charge in [-0.1, -0.05) is 56.1 Å². The van der Waals surface area contributed by atoms with Gasteiger partial charge in [0.2, 0.25) is 0 Å². The third-order valence-electron chi connectivity index (χ3n) is 3.44. The topological polar surface area (TPSA) is 87.7 Å². The van der Waals surface area contributed by atoms with Crippen molar-refractivity contribution in [2.45, 2.75) is 5.60 Å². The predicted molar refractivity (Wildman–Crippen MR) is 99.4 cm³/mol. The zero-order valence-corrected chi connectivity index (χ0v) is 16.4. The van der Waals surface area contributed by atoms with E-state index in [4.69, 9.17) is 0 Å². The molecule has 3 N–H and O–H groups in total. The zero-order chi connectivity index (χ0) is 18.4. The lowest BCUT2D eigenvalue weighted by Crippen LogP contribution is -2.52. The van der Waals surface area contributed by atoms with Gasteiger partial charge >= 0.3 is 0 Å². The standard InChI is InChI=1S/C17H16Br2N2O4/c1-25-10-15(22)20-21-16(23)17(24,11-2-6-13(18)7-3-11)12-4-8-14(19)9-5-12/h2-9,24H,10H2,1H3,(H,20,22)(H,21,23). The Kier molecular flexibility index (Phi) is 6.71. The number of hydrazine groups is 1. The lowest BCUT2D eigenvalue weighted by molar-refractivity contribution is -0.141. The fourth-order valence-electron chi connectivity index (χ4n) is 2.20. The number of rotatable bonds is 5. The Labute approximate surface area is 161 Å². The number of hydrogen-bond donors (Lipinski definition) is 3. The summed E-state index contributed by atoms with van der Waals surface area (Å²) < 4.78 is 6.30. The number of amides is 2. The number of ether oxygens (including phenoxy) is 1. The molecule has 0 bridgehead atoms. The van der Waals surface area contributed by atoms with E-state index in [1.807, 2.05) is 0 Å². The summed E-state index contributed by atoms with van der Waals surface area (Å²) in [6, 6.07) is 13.4. The highest BCUT2D eigenvalue weighted by atomic mass is 79.9. The molecule has 132 valence electrons. The van der Waals surface area contributed by atoms with E-state index in [1.165, 1.54) is 7.11 Å². The molecular formula is C17H16Br2N2O4. The molecule has 25 heavy (non-hydrogen) atoms. The summed E-state index contributed by atoms with van der Waals surface area (Å²) in [7, 11) is 1.36. The first-order valence-electron chi connectivity index (χ1n) is 7.20. The van der Waals surface area contributed by atoms with Crippen LogP contribution in [-0.4, -0.2) is 30.6 Å². The highest BCUT2D eigenvalue weighted by Crippen LogP contribution is 2.31. The molecule has 0 aliphatic rings. The minimum Gasteiger partial charge on any atom is -0.375 e. The summed E-state index contributed by atoms with van der Waals surface area (Å²) in [5.74, 6) is -1.33. The third kappa shape index (κ3) is 4.66. The van der Waals surface area contributed by atoms with Crippen LogP contribution in [0.15, 0.2) is 57.5 Å². The minimum absolute atomic E-state index is 0.213. The van der Waals surface area contributed by atoms with Crippen molar-refractivity contribution in [3.63, 3.8) is 0 Å². The normalized spacial score (nSPS) is 11.0. The highest BCUT2D eigenvalue weighted by Gasteiger charge is 2.40. The first kappa shape index (κ1) is 19.6. The molecule has 6 nitrogen and oxygen atoms in total. The van der Waals surface area contributed by atoms with Gasteiger partial charge in [-0.2, -0.15) is 0 Å². The zero-order valence-electron chi connectivity index (χ0n) is 13.3. The fourth-order valence-corrected chi connectivity index (χ4v) is 2.72. The van der Waals surface area contributed by atoms with Crippen molar-refractivity contribution in [3.8, 4) is 0 Å². The van der Waals surface area contributed by atoms with Gasteiger partial charge in [0.05, 0.1) is 0 Å². The largest absolute Gasteiger partial charge is 0.375 e. The van der Waals surface area contributed by atoms with Crippen molar-refractivity contribution in [3.05, 3.63) is 68.6 Å². The lowest BCUT2D eigenvalue weighted by Gasteiger charge is -2.28. The number of aliphatic hydroxyl groups is 1. The summed E-state index contributed by atoms with van der Waals surface area (Å²) in [6.45, 7) is -0.213. The van der Waals surface area contributed by atoms with Gasteiger partial charge in [-0.3, -0.25) is 20.4 Å². The summed E-state index contributed by atoms with van der Waals surface area (Å²) in [6.07, 6.45) is 0. The molecule has 0 aromatic heterocycles. The van der Waals surface area contributed by atoms with Gasteiger partial charge in [0.25, 0.3) is 11.8 Å². The van der Waals surface area contributed by atoms with E-state index >= 15 is 0 Å². The maximum Gasteiger partial charge on any atom is 0.279 e. The molecule has 0 saturated carbocycles. The lowest BCUT2D eigenvalue weighted by atomic mass is 9.85. The van der Waals surface area contributed by atoms with Crippen LogP contribution in [0.5, 0.6) is 0 Å². The quantitative estimate of drug-likeness (QED) is 0.583. The van der Waals surface area contributed by atoms with Crippen LogP contribution < -0.4 is 10.9 Å². The molecule has 2 aromatic rings. The van der Waals surface area contributed by atoms with Crippen molar-refractivity contribution in [2.24, 2.45) is 0 Å². The summed E-state index contributed by atoms with van der Waals surface area (Å²) in [5.41, 5.74) is 3.18. The minimum atomic E-state index is -1.98. The first-order valence-corrected chi connectivity index (χ1v) is 8.79. The number of carbonyl (C=O) groups excluding carboxylic acids is 2. The molecule has 0 unspecified atom stereocenters. The molecule has 0 radical (unpaired) electrons. The van der Waals surface area contributed by atoms with Gasteiger partial charge in [0.1, 0.15) is 6.61 Å². The number of nitrogens with one attached hydrogen (secondary N) is 2. The van der Waals surface area contributed by atoms with Crippen molar-refractivity contribution in [1.29, 1.82) is 0 Å². The first-order chi connectivity index (χ1) is 11.9. The molecule has 0 heterocycles. The Hall–Kier alpha value is -1.74. The van der Waals surface area contributed by atoms with Crippen LogP contribution >= 0.6 is 31.9 Å². The second-order valence-corrected chi connectivity index (χ2v) is 6.99. The summed E-state index contributed by atoms with van der Waals surface area (Å²) in [5, 5.41) is 11.2. The summed E-state index contributed by atoms with van der Waals surface area (Å²) in [4.78, 5) is 24.2. The molecule has 2 rings (SSSR count). The second kappa shape index (κ2) is 8.57. The number of benzene rings is 2. The number of halogens is 2. The molecule has 8 heteroatoms. The van der Waals surface area contributed by atoms with Crippen LogP contribution in [0.4, 0.5) is 0 Å². The monoisotopic (exact) mass is 470 g/mol. The average Bonchev–Trinajstić information content (AvgIpc) is 2.60. The van der Waals surface area contributed by atoms with E-state index in [-0.39, 0.29) is 6.61 Å². The molecule has 0 spiro atoms. The van der Waals surface area contributed by atoms with Gasteiger partial charge in [0, 0.05) is 16.1 Å². The van der Waals surface area contributed by atoms with Gasteiger partial charge in [-0.15, -0.1) is 0 Å². The molecule has 2 aromatic carbocycles. The van der Waals surface area contributed by atoms with E-state index in [1.54, 1.807) is 48.5 Å². The Morgan fingerprint density at radius 2 is 1.40 bits per heavy atom. The van der Waals surface area contributed by atoms with Crippen molar-refractivity contribution in [1.82, 2.24) is 10.9 Å². The van der Waals surface area contributed by atoms with E-state index in [0.29, 0.717) is 11.1 Å². The number of carbonyl (C=O) groups is 2. The summed E-state index contributed by atoms with van der Waals surface area (Å²) >= 11 is 6.65. The molecular weight excluding hydrogens is 456 g/mol. The van der Waals surface area contributed by atoms with Crippen molar-refractivity contribution >= 4 is 43.7 Å². The van der Waals surface area contributed by atoms with Crippen LogP contribution in [0.25, 0.3) is 0 Å². The van der Waals surface area contributed by atoms with Gasteiger partial charge in [-0.25, -0.2) is 0 Å². The van der Waals surface area contributed by atoms with E-state index in [2.05, 4.69) is 47.4 Å². The molecule has 0 atom stereocenters. The van der Waals surface area contributed by atoms with Crippen LogP contribution in [-0.2, 0) is 19.9 Å². The van der Waals surface area contributed by atoms with Crippen LogP contribution in [0.3, 0.4) is 0 Å². The maximum atomic E-state index is 12.7. The Bertz CT molecular complexity index is 703. The smallest absolute Gasteiger partial charge is 0.279 e. The molecule has 0 fully saturated rings. The molecule has 0 aliphatic carbocycles. The van der Waals surface area contributed by atoms with Crippen LogP contribution in [0.1, 0.15) is 11.1 Å². The highest BCUT2D eigenvalue weighted by molar-refractivity contribution is 9.10. The van der Waals surface area contributed by atoms with Crippen LogP contribution in [0, 0.1) is 0 Å². The Balaban J connectivity index is 2.38. The number of hydrogen-bond acceptors (Lipinski definition) is 4. The third-order valence-corrected chi connectivity index (χ3v) is 4.50. The van der Waals surface area contributed by atoms with Gasteiger partial charge in [-0.05, 0) is 35.4 Å². The van der Waals surface area contributed by atoms with Gasteiger partial charge in [0.15, 0.2) is 5.60 Å². The van der Waals surface area contributed by atoms with E-state index in [9.17, 15) is 14.7 Å². The van der Waals surface area contributed by atoms with Crippen molar-refractivity contribution < 1.29 is 19.4 Å². The Morgan fingerprint density at radius 1 is 0.960 bits per heavy atom.